The lowest BCUT2D eigenvalue weighted by molar-refractivity contribution is -0.122. The number of benzene rings is 1. The molecule has 40 heavy (non-hydrogen) atoms. The minimum Gasteiger partial charge on any atom is -0.496 e. The normalized spacial score (nSPS) is 16.2. The highest BCUT2D eigenvalue weighted by atomic mass is 35.5. The zero-order chi connectivity index (χ0) is 27.8. The Labute approximate surface area is 244 Å². The fraction of sp³-hybridized carbons (Fsp3) is 0.633. The van der Waals surface area contributed by atoms with Gasteiger partial charge in [0.15, 0.2) is 5.69 Å². The minimum atomic E-state index is -0.279. The summed E-state index contributed by atoms with van der Waals surface area (Å²) in [6.45, 7) is 6.94. The molecule has 1 heterocycles. The highest BCUT2D eigenvalue weighted by Gasteiger charge is 2.28. The number of carbonyl (C=O) groups is 2. The third-order valence-electron chi connectivity index (χ3n) is 8.25. The van der Waals surface area contributed by atoms with Crippen molar-refractivity contribution in [1.29, 1.82) is 0 Å². The van der Waals surface area contributed by atoms with Crippen molar-refractivity contribution in [3.63, 3.8) is 0 Å². The monoisotopic (exact) mass is 575 g/mol. The second-order valence-corrected chi connectivity index (χ2v) is 10.7. The van der Waals surface area contributed by atoms with Gasteiger partial charge in [0.2, 0.25) is 5.91 Å². The van der Waals surface area contributed by atoms with E-state index in [9.17, 15) is 9.59 Å². The van der Waals surface area contributed by atoms with Gasteiger partial charge < -0.3 is 25.0 Å². The molecular weight excluding hydrogens is 530 g/mol. The van der Waals surface area contributed by atoms with Gasteiger partial charge >= 0.3 is 0 Å². The van der Waals surface area contributed by atoms with Gasteiger partial charge in [-0.2, -0.15) is 5.10 Å². The summed E-state index contributed by atoms with van der Waals surface area (Å²) in [5.74, 6) is 1.08. The van der Waals surface area contributed by atoms with Crippen LogP contribution in [0.2, 0.25) is 0 Å². The molecule has 222 valence electrons. The molecule has 9 nitrogen and oxygen atoms in total. The Morgan fingerprint density at radius 2 is 1.70 bits per heavy atom. The number of nitrogens with one attached hydrogen (secondary N) is 2. The molecule has 10 heteroatoms. The number of hydrogen-bond acceptors (Lipinski definition) is 6. The molecule has 0 saturated heterocycles. The first-order valence-corrected chi connectivity index (χ1v) is 14.6. The molecule has 1 atom stereocenters. The standard InChI is InChI=1S/C30H45N5O4.ClH/c1-5-34(6-2)18-17-22(19-28(36)31-21-11-9-12-21)32-30(37)24-20-25(35(33-24)23-13-7-8-14-23)29-26(38-3)15-10-16-27(29)39-4;/h10,15-16,20-23H,5-9,11-14,17-19H2,1-4H3,(H,31,36)(H,32,37);1H/t22-;/m0./s1. The molecule has 0 aliphatic heterocycles. The third-order valence-corrected chi connectivity index (χ3v) is 8.25. The summed E-state index contributed by atoms with van der Waals surface area (Å²) < 4.78 is 13.4. The topological polar surface area (TPSA) is 97.7 Å². The Kier molecular flexibility index (Phi) is 12.1. The van der Waals surface area contributed by atoms with Gasteiger partial charge in [-0.3, -0.25) is 14.3 Å². The third kappa shape index (κ3) is 7.69. The predicted molar refractivity (Wildman–Crippen MR) is 160 cm³/mol. The smallest absolute Gasteiger partial charge is 0.272 e. The number of rotatable bonds is 14. The molecule has 0 unspecified atom stereocenters. The van der Waals surface area contributed by atoms with Crippen LogP contribution in [0.4, 0.5) is 0 Å². The summed E-state index contributed by atoms with van der Waals surface area (Å²) in [5.41, 5.74) is 1.94. The van der Waals surface area contributed by atoms with Crippen LogP contribution in [0.5, 0.6) is 11.5 Å². The van der Waals surface area contributed by atoms with E-state index in [1.54, 1.807) is 14.2 Å². The molecule has 2 amide bonds. The largest absolute Gasteiger partial charge is 0.496 e. The maximum atomic E-state index is 13.6. The molecule has 2 aromatic rings. The van der Waals surface area contributed by atoms with Crippen molar-refractivity contribution >= 4 is 24.2 Å². The van der Waals surface area contributed by atoms with Gasteiger partial charge in [-0.25, -0.2) is 0 Å². The Morgan fingerprint density at radius 1 is 1.05 bits per heavy atom. The first-order valence-electron chi connectivity index (χ1n) is 14.6. The highest BCUT2D eigenvalue weighted by molar-refractivity contribution is 5.94. The van der Waals surface area contributed by atoms with E-state index in [2.05, 4.69) is 29.4 Å². The number of aromatic nitrogens is 2. The van der Waals surface area contributed by atoms with Crippen molar-refractivity contribution in [3.8, 4) is 22.8 Å². The summed E-state index contributed by atoms with van der Waals surface area (Å²) in [6, 6.07) is 7.73. The van der Waals surface area contributed by atoms with Crippen LogP contribution >= 0.6 is 12.4 Å². The van der Waals surface area contributed by atoms with Gasteiger partial charge in [-0.05, 0) is 69.8 Å². The summed E-state index contributed by atoms with van der Waals surface area (Å²) >= 11 is 0. The number of methoxy groups -OCH3 is 2. The summed E-state index contributed by atoms with van der Waals surface area (Å²) in [4.78, 5) is 28.7. The van der Waals surface area contributed by atoms with E-state index in [-0.39, 0.29) is 48.8 Å². The minimum absolute atomic E-state index is 0. The van der Waals surface area contributed by atoms with E-state index < -0.39 is 0 Å². The molecule has 2 saturated carbocycles. The number of ether oxygens (including phenoxy) is 2. The van der Waals surface area contributed by atoms with Crippen LogP contribution in [0, 0.1) is 0 Å². The van der Waals surface area contributed by atoms with Gasteiger partial charge in [0.1, 0.15) is 11.5 Å². The predicted octanol–water partition coefficient (Wildman–Crippen LogP) is 4.99. The number of amides is 2. The molecular formula is C30H46ClN5O4. The van der Waals surface area contributed by atoms with Crippen LogP contribution in [0.3, 0.4) is 0 Å². The average Bonchev–Trinajstić information content (AvgIpc) is 3.61. The van der Waals surface area contributed by atoms with Crippen molar-refractivity contribution in [2.45, 2.75) is 89.8 Å². The summed E-state index contributed by atoms with van der Waals surface area (Å²) in [6.07, 6.45) is 8.50. The number of carbonyl (C=O) groups excluding carboxylic acids is 2. The van der Waals surface area contributed by atoms with Crippen molar-refractivity contribution in [2.24, 2.45) is 0 Å². The number of nitrogens with zero attached hydrogens (tertiary/aromatic N) is 3. The Balaban J connectivity index is 0.00000441. The molecule has 2 fully saturated rings. The Bertz CT molecular complexity index is 1090. The molecule has 2 N–H and O–H groups in total. The second-order valence-electron chi connectivity index (χ2n) is 10.7. The fourth-order valence-corrected chi connectivity index (χ4v) is 5.65. The van der Waals surface area contributed by atoms with E-state index in [1.807, 2.05) is 28.9 Å². The van der Waals surface area contributed by atoms with Gasteiger partial charge in [0, 0.05) is 25.0 Å². The highest BCUT2D eigenvalue weighted by Crippen LogP contribution is 2.41. The lowest BCUT2D eigenvalue weighted by Crippen LogP contribution is -2.45. The van der Waals surface area contributed by atoms with E-state index in [0.717, 1.165) is 75.8 Å². The number of halogens is 1. The molecule has 2 aliphatic carbocycles. The van der Waals surface area contributed by atoms with Gasteiger partial charge in [0.05, 0.1) is 31.5 Å². The van der Waals surface area contributed by atoms with Crippen molar-refractivity contribution in [3.05, 3.63) is 30.0 Å². The Hall–Kier alpha value is -2.78. The van der Waals surface area contributed by atoms with Crippen LogP contribution in [-0.2, 0) is 4.79 Å². The fourth-order valence-electron chi connectivity index (χ4n) is 5.65. The summed E-state index contributed by atoms with van der Waals surface area (Å²) in [7, 11) is 3.27. The second kappa shape index (κ2) is 15.3. The lowest BCUT2D eigenvalue weighted by atomic mass is 9.93. The van der Waals surface area contributed by atoms with E-state index in [1.165, 1.54) is 0 Å². The average molecular weight is 576 g/mol. The van der Waals surface area contributed by atoms with Crippen LogP contribution < -0.4 is 20.1 Å². The molecule has 1 aromatic carbocycles. The van der Waals surface area contributed by atoms with Gasteiger partial charge in [-0.15, -0.1) is 12.4 Å². The van der Waals surface area contributed by atoms with Gasteiger partial charge in [-0.1, -0.05) is 32.8 Å². The molecule has 2 aliphatic rings. The van der Waals surface area contributed by atoms with Gasteiger partial charge in [0.25, 0.3) is 5.91 Å². The van der Waals surface area contributed by atoms with Crippen LogP contribution in [0.1, 0.15) is 88.2 Å². The molecule has 4 rings (SSSR count). The van der Waals surface area contributed by atoms with Crippen molar-refractivity contribution in [2.75, 3.05) is 33.9 Å². The quantitative estimate of drug-likeness (QED) is 0.329. The number of hydrogen-bond donors (Lipinski definition) is 2. The zero-order valence-electron chi connectivity index (χ0n) is 24.4. The molecule has 0 radical (unpaired) electrons. The van der Waals surface area contributed by atoms with E-state index >= 15 is 0 Å². The zero-order valence-corrected chi connectivity index (χ0v) is 25.2. The molecule has 1 aromatic heterocycles. The van der Waals surface area contributed by atoms with Crippen LogP contribution in [-0.4, -0.2) is 72.4 Å². The van der Waals surface area contributed by atoms with Crippen molar-refractivity contribution < 1.29 is 19.1 Å². The maximum Gasteiger partial charge on any atom is 0.272 e. The molecule has 0 spiro atoms. The van der Waals surface area contributed by atoms with Crippen molar-refractivity contribution in [1.82, 2.24) is 25.3 Å². The SMILES string of the molecule is CCN(CC)CC[C@@H](CC(=O)NC1CCC1)NC(=O)c1cc(-c2c(OC)cccc2OC)n(C2CCCC2)n1.Cl. The Morgan fingerprint density at radius 3 is 2.25 bits per heavy atom. The van der Waals surface area contributed by atoms with Crippen LogP contribution in [0.25, 0.3) is 11.3 Å². The van der Waals surface area contributed by atoms with E-state index in [0.29, 0.717) is 23.6 Å². The maximum absolute atomic E-state index is 13.6. The first-order chi connectivity index (χ1) is 19.0. The molecule has 0 bridgehead atoms. The first kappa shape index (κ1) is 31.7. The summed E-state index contributed by atoms with van der Waals surface area (Å²) in [5, 5.41) is 11.1. The van der Waals surface area contributed by atoms with Crippen LogP contribution in [0.15, 0.2) is 24.3 Å². The van der Waals surface area contributed by atoms with E-state index in [4.69, 9.17) is 14.6 Å². The lowest BCUT2D eigenvalue weighted by Gasteiger charge is -2.28.